The lowest BCUT2D eigenvalue weighted by Crippen LogP contribution is -2.63. The monoisotopic (exact) mass is 397 g/mol. The van der Waals surface area contributed by atoms with Gasteiger partial charge in [0.15, 0.2) is 0 Å². The van der Waals surface area contributed by atoms with Gasteiger partial charge in [0, 0.05) is 24.4 Å². The fourth-order valence-corrected chi connectivity index (χ4v) is 6.32. The maximum atomic E-state index is 13.1. The third kappa shape index (κ3) is 3.09. The number of benzene rings is 1. The molecule has 4 aliphatic rings. The average molecular weight is 398 g/mol. The van der Waals surface area contributed by atoms with Gasteiger partial charge in [-0.3, -0.25) is 14.5 Å². The number of fused-ring (bicyclic) bond motifs is 1. The largest absolute Gasteiger partial charge is 0.497 e. The lowest BCUT2D eigenvalue weighted by atomic mass is 9.50. The number of ether oxygens (including phenoxy) is 2. The quantitative estimate of drug-likeness (QED) is 0.564. The van der Waals surface area contributed by atoms with E-state index >= 15 is 0 Å². The van der Waals surface area contributed by atoms with Crippen LogP contribution in [-0.4, -0.2) is 49.5 Å². The Balaban J connectivity index is 1.55. The number of carbonyl (C=O) groups excluding carboxylic acids is 2. The molecular formula is C24H31NO4. The zero-order valence-corrected chi connectivity index (χ0v) is 17.5. The molecule has 0 aromatic heterocycles. The number of likely N-dealkylation sites (tertiary alicyclic amines) is 1. The molecule has 2 saturated carbocycles. The van der Waals surface area contributed by atoms with Gasteiger partial charge in [0.05, 0.1) is 13.7 Å². The Labute approximate surface area is 172 Å². The molecule has 1 aliphatic heterocycles. The van der Waals surface area contributed by atoms with E-state index in [1.807, 2.05) is 13.0 Å². The maximum absolute atomic E-state index is 13.1. The number of esters is 1. The molecule has 5 rings (SSSR count). The zero-order valence-electron chi connectivity index (χ0n) is 17.5. The van der Waals surface area contributed by atoms with Crippen molar-refractivity contribution in [2.75, 3.05) is 26.8 Å². The Bertz CT molecular complexity index is 832. The van der Waals surface area contributed by atoms with E-state index in [2.05, 4.69) is 17.0 Å². The van der Waals surface area contributed by atoms with Gasteiger partial charge in [0.1, 0.15) is 17.5 Å². The van der Waals surface area contributed by atoms with E-state index in [0.29, 0.717) is 31.4 Å². The molecule has 1 heterocycles. The summed E-state index contributed by atoms with van der Waals surface area (Å²) in [5, 5.41) is 0. The second-order valence-electron chi connectivity index (χ2n) is 9.43. The standard InChI is InChI=1S/C24H31NO4/c1-3-29-23(27)18-12-20-21-10-16-6-7-17(28-2)11-19(16)24(20,13-22(18)26)8-9-25(21)14-15-4-5-15/h6-7,11,15,18,20-21H,3-5,8-10,12-14H2,1-2H3/t18-,20?,21?,24?/m0/s1. The summed E-state index contributed by atoms with van der Waals surface area (Å²) in [6.07, 6.45) is 5.76. The van der Waals surface area contributed by atoms with Crippen molar-refractivity contribution in [3.8, 4) is 5.75 Å². The van der Waals surface area contributed by atoms with Crippen LogP contribution in [0.5, 0.6) is 5.75 Å². The van der Waals surface area contributed by atoms with Gasteiger partial charge < -0.3 is 9.47 Å². The predicted octanol–water partition coefficient (Wildman–Crippen LogP) is 3.13. The van der Waals surface area contributed by atoms with Gasteiger partial charge in [0.25, 0.3) is 0 Å². The third-order valence-electron chi connectivity index (χ3n) is 7.90. The van der Waals surface area contributed by atoms with Crippen LogP contribution in [0.1, 0.15) is 50.2 Å². The van der Waals surface area contributed by atoms with Crippen LogP contribution in [0, 0.1) is 17.8 Å². The zero-order chi connectivity index (χ0) is 20.2. The minimum atomic E-state index is -0.594. The van der Waals surface area contributed by atoms with Crippen molar-refractivity contribution in [3.63, 3.8) is 0 Å². The van der Waals surface area contributed by atoms with Crippen molar-refractivity contribution >= 4 is 11.8 Å². The number of rotatable bonds is 5. The van der Waals surface area contributed by atoms with Crippen molar-refractivity contribution in [1.29, 1.82) is 0 Å². The molecule has 0 N–H and O–H groups in total. The molecule has 3 fully saturated rings. The number of methoxy groups -OCH3 is 1. The van der Waals surface area contributed by atoms with E-state index in [1.54, 1.807) is 7.11 Å². The number of Topliss-reactive ketones (excluding diaryl/α,β-unsaturated/α-hetero) is 1. The molecule has 1 saturated heterocycles. The molecule has 0 radical (unpaired) electrons. The van der Waals surface area contributed by atoms with Crippen LogP contribution in [-0.2, 0) is 26.2 Å². The van der Waals surface area contributed by atoms with Crippen LogP contribution < -0.4 is 4.74 Å². The van der Waals surface area contributed by atoms with Crippen LogP contribution in [0.4, 0.5) is 0 Å². The van der Waals surface area contributed by atoms with Crippen LogP contribution in [0.3, 0.4) is 0 Å². The van der Waals surface area contributed by atoms with Gasteiger partial charge in [-0.05, 0) is 80.7 Å². The van der Waals surface area contributed by atoms with E-state index in [4.69, 9.17) is 9.47 Å². The first-order valence-corrected chi connectivity index (χ1v) is 11.2. The summed E-state index contributed by atoms with van der Waals surface area (Å²) in [7, 11) is 1.70. The molecule has 0 amide bonds. The minimum Gasteiger partial charge on any atom is -0.497 e. The van der Waals surface area contributed by atoms with Gasteiger partial charge in [-0.1, -0.05) is 6.07 Å². The van der Waals surface area contributed by atoms with Crippen molar-refractivity contribution in [1.82, 2.24) is 4.90 Å². The molecule has 156 valence electrons. The Morgan fingerprint density at radius 2 is 2.14 bits per heavy atom. The molecule has 1 aromatic rings. The summed E-state index contributed by atoms with van der Waals surface area (Å²) in [6, 6.07) is 6.81. The van der Waals surface area contributed by atoms with E-state index < -0.39 is 5.92 Å². The summed E-state index contributed by atoms with van der Waals surface area (Å²) >= 11 is 0. The summed E-state index contributed by atoms with van der Waals surface area (Å²) in [6.45, 7) is 4.35. The predicted molar refractivity (Wildman–Crippen MR) is 109 cm³/mol. The van der Waals surface area contributed by atoms with Crippen LogP contribution in [0.2, 0.25) is 0 Å². The first kappa shape index (κ1) is 19.1. The highest BCUT2D eigenvalue weighted by Gasteiger charge is 2.59. The molecule has 0 spiro atoms. The Morgan fingerprint density at radius 3 is 2.86 bits per heavy atom. The molecule has 3 unspecified atom stereocenters. The highest BCUT2D eigenvalue weighted by Crippen LogP contribution is 2.57. The Hall–Kier alpha value is -1.88. The second kappa shape index (κ2) is 7.12. The number of hydrogen-bond donors (Lipinski definition) is 0. The van der Waals surface area contributed by atoms with E-state index in [0.717, 1.165) is 31.1 Å². The van der Waals surface area contributed by atoms with Crippen molar-refractivity contribution in [2.45, 2.75) is 56.9 Å². The number of piperidine rings is 1. The topological polar surface area (TPSA) is 55.8 Å². The van der Waals surface area contributed by atoms with E-state index in [-0.39, 0.29) is 17.2 Å². The Morgan fingerprint density at radius 1 is 1.31 bits per heavy atom. The van der Waals surface area contributed by atoms with E-state index in [9.17, 15) is 9.59 Å². The Kier molecular flexibility index (Phi) is 4.69. The SMILES string of the molecule is CCOC(=O)[C@H]1CC2C3Cc4ccc(OC)cc4C2(CCN3CC2CC2)CC1=O. The molecule has 29 heavy (non-hydrogen) atoms. The number of hydrogen-bond acceptors (Lipinski definition) is 5. The fraction of sp³-hybridized carbons (Fsp3) is 0.667. The summed E-state index contributed by atoms with van der Waals surface area (Å²) in [5.41, 5.74) is 2.49. The second-order valence-corrected chi connectivity index (χ2v) is 9.43. The summed E-state index contributed by atoms with van der Waals surface area (Å²) < 4.78 is 10.8. The summed E-state index contributed by atoms with van der Waals surface area (Å²) in [4.78, 5) is 28.4. The van der Waals surface area contributed by atoms with Gasteiger partial charge in [0.2, 0.25) is 0 Å². The molecule has 2 bridgehead atoms. The molecular weight excluding hydrogens is 366 g/mol. The van der Waals surface area contributed by atoms with Gasteiger partial charge in [-0.15, -0.1) is 0 Å². The number of ketones is 1. The highest BCUT2D eigenvalue weighted by atomic mass is 16.5. The van der Waals surface area contributed by atoms with E-state index in [1.165, 1.54) is 30.5 Å². The number of nitrogens with zero attached hydrogens (tertiary/aromatic N) is 1. The molecule has 4 atom stereocenters. The first-order chi connectivity index (χ1) is 14.1. The van der Waals surface area contributed by atoms with Crippen LogP contribution >= 0.6 is 0 Å². The van der Waals surface area contributed by atoms with Crippen molar-refractivity contribution < 1.29 is 19.1 Å². The lowest BCUT2D eigenvalue weighted by Gasteiger charge is -2.59. The molecule has 5 nitrogen and oxygen atoms in total. The average Bonchev–Trinajstić information content (AvgIpc) is 3.53. The lowest BCUT2D eigenvalue weighted by molar-refractivity contribution is -0.157. The van der Waals surface area contributed by atoms with Crippen molar-refractivity contribution in [3.05, 3.63) is 29.3 Å². The minimum absolute atomic E-state index is 0.0600. The molecule has 5 heteroatoms. The fourth-order valence-electron chi connectivity index (χ4n) is 6.32. The summed E-state index contributed by atoms with van der Waals surface area (Å²) in [5.74, 6) is 1.16. The van der Waals surface area contributed by atoms with Gasteiger partial charge in [-0.25, -0.2) is 0 Å². The molecule has 3 aliphatic carbocycles. The van der Waals surface area contributed by atoms with Crippen LogP contribution in [0.25, 0.3) is 0 Å². The van der Waals surface area contributed by atoms with Gasteiger partial charge in [-0.2, -0.15) is 0 Å². The smallest absolute Gasteiger partial charge is 0.316 e. The maximum Gasteiger partial charge on any atom is 0.316 e. The van der Waals surface area contributed by atoms with Crippen LogP contribution in [0.15, 0.2) is 18.2 Å². The molecule has 1 aromatic carbocycles. The highest BCUT2D eigenvalue weighted by molar-refractivity contribution is 6.00. The number of carbonyl (C=O) groups is 2. The van der Waals surface area contributed by atoms with Gasteiger partial charge >= 0.3 is 5.97 Å². The normalized spacial score (nSPS) is 33.6. The first-order valence-electron chi connectivity index (χ1n) is 11.2. The van der Waals surface area contributed by atoms with Crippen molar-refractivity contribution in [2.24, 2.45) is 17.8 Å². The third-order valence-corrected chi connectivity index (χ3v) is 7.90.